The molecule has 0 radical (unpaired) electrons. The second-order valence-electron chi connectivity index (χ2n) is 5.59. The van der Waals surface area contributed by atoms with Gasteiger partial charge >= 0.3 is 0 Å². The highest BCUT2D eigenvalue weighted by molar-refractivity contribution is 7.09. The smallest absolute Gasteiger partial charge is 0.246 e. The van der Waals surface area contributed by atoms with E-state index in [0.717, 1.165) is 29.5 Å². The molecular formula is C15H21N5O2S. The number of ether oxygens (including phenoxy) is 1. The molecular weight excluding hydrogens is 314 g/mol. The topological polar surface area (TPSA) is 72.3 Å². The van der Waals surface area contributed by atoms with Crippen molar-refractivity contribution in [2.24, 2.45) is 0 Å². The van der Waals surface area contributed by atoms with Crippen LogP contribution in [0.5, 0.6) is 0 Å². The molecule has 0 bridgehead atoms. The second-order valence-corrected chi connectivity index (χ2v) is 6.66. The minimum atomic E-state index is -0.315. The summed E-state index contributed by atoms with van der Waals surface area (Å²) in [5, 5.41) is 10.4. The number of fused-ring (bicyclic) bond motifs is 1. The molecule has 0 aromatic carbocycles. The first kappa shape index (κ1) is 16.1. The van der Waals surface area contributed by atoms with Crippen LogP contribution >= 0.6 is 11.3 Å². The minimum absolute atomic E-state index is 0.0221. The summed E-state index contributed by atoms with van der Waals surface area (Å²) in [6.07, 6.45) is 1.75. The molecule has 0 unspecified atom stereocenters. The SMILES string of the molecule is COCCNC(=O)[C@@H]1CN(Cc2csc(C)n2)Cc2ccnn21. The number of rotatable bonds is 6. The Morgan fingerprint density at radius 2 is 2.43 bits per heavy atom. The van der Waals surface area contributed by atoms with Crippen LogP contribution in [0.2, 0.25) is 0 Å². The van der Waals surface area contributed by atoms with E-state index in [1.165, 1.54) is 0 Å². The lowest BCUT2D eigenvalue weighted by molar-refractivity contribution is -0.126. The first-order valence-corrected chi connectivity index (χ1v) is 8.47. The Balaban J connectivity index is 1.70. The maximum Gasteiger partial charge on any atom is 0.246 e. The van der Waals surface area contributed by atoms with E-state index < -0.39 is 0 Å². The number of aryl methyl sites for hydroxylation is 1. The molecule has 1 aliphatic heterocycles. The average Bonchev–Trinajstić information content (AvgIpc) is 3.15. The zero-order valence-corrected chi connectivity index (χ0v) is 14.2. The van der Waals surface area contributed by atoms with Gasteiger partial charge in [0.25, 0.3) is 0 Å². The summed E-state index contributed by atoms with van der Waals surface area (Å²) in [4.78, 5) is 19.2. The fourth-order valence-corrected chi connectivity index (χ4v) is 3.39. The number of hydrogen-bond acceptors (Lipinski definition) is 6. The number of methoxy groups -OCH3 is 1. The summed E-state index contributed by atoms with van der Waals surface area (Å²) >= 11 is 1.65. The number of hydrogen-bond donors (Lipinski definition) is 1. The molecule has 0 spiro atoms. The van der Waals surface area contributed by atoms with Gasteiger partial charge in [0.05, 0.1) is 23.0 Å². The number of amides is 1. The Morgan fingerprint density at radius 3 is 3.17 bits per heavy atom. The summed E-state index contributed by atoms with van der Waals surface area (Å²) in [7, 11) is 1.62. The van der Waals surface area contributed by atoms with E-state index in [0.29, 0.717) is 19.7 Å². The largest absolute Gasteiger partial charge is 0.383 e. The van der Waals surface area contributed by atoms with Crippen molar-refractivity contribution in [2.45, 2.75) is 26.1 Å². The standard InChI is InChI=1S/C15H21N5O2S/c1-11-18-12(10-23-11)7-19-8-13-3-4-17-20(13)14(9-19)15(21)16-5-6-22-2/h3-4,10,14H,5-9H2,1-2H3,(H,16,21)/t14-/m0/s1. The number of aromatic nitrogens is 3. The Bertz CT molecular complexity index is 668. The molecule has 0 fully saturated rings. The lowest BCUT2D eigenvalue weighted by Gasteiger charge is -2.32. The average molecular weight is 335 g/mol. The van der Waals surface area contributed by atoms with Crippen LogP contribution in [-0.2, 0) is 22.6 Å². The molecule has 8 heteroatoms. The van der Waals surface area contributed by atoms with Gasteiger partial charge in [-0.25, -0.2) is 4.98 Å². The van der Waals surface area contributed by atoms with Crippen LogP contribution in [0.3, 0.4) is 0 Å². The normalized spacial score (nSPS) is 17.9. The van der Waals surface area contributed by atoms with Crippen LogP contribution in [0.15, 0.2) is 17.6 Å². The van der Waals surface area contributed by atoms with E-state index in [2.05, 4.69) is 25.7 Å². The van der Waals surface area contributed by atoms with Crippen LogP contribution in [0.4, 0.5) is 0 Å². The van der Waals surface area contributed by atoms with Gasteiger partial charge in [0.15, 0.2) is 0 Å². The van der Waals surface area contributed by atoms with Crippen molar-refractivity contribution in [3.05, 3.63) is 34.0 Å². The van der Waals surface area contributed by atoms with Crippen LogP contribution in [0.1, 0.15) is 22.4 Å². The number of thiazole rings is 1. The molecule has 124 valence electrons. The van der Waals surface area contributed by atoms with E-state index in [-0.39, 0.29) is 11.9 Å². The first-order valence-electron chi connectivity index (χ1n) is 7.60. The second kappa shape index (κ2) is 7.20. The van der Waals surface area contributed by atoms with E-state index in [1.807, 2.05) is 17.7 Å². The summed E-state index contributed by atoms with van der Waals surface area (Å²) in [5.74, 6) is -0.0221. The van der Waals surface area contributed by atoms with Gasteiger partial charge < -0.3 is 10.1 Å². The Labute approximate surface area is 139 Å². The highest BCUT2D eigenvalue weighted by Gasteiger charge is 2.30. The van der Waals surface area contributed by atoms with Crippen molar-refractivity contribution < 1.29 is 9.53 Å². The number of carbonyl (C=O) groups is 1. The Kier molecular flexibility index (Phi) is 5.04. The lowest BCUT2D eigenvalue weighted by Crippen LogP contribution is -2.45. The van der Waals surface area contributed by atoms with E-state index >= 15 is 0 Å². The van der Waals surface area contributed by atoms with Crippen molar-refractivity contribution in [1.29, 1.82) is 0 Å². The molecule has 0 aliphatic carbocycles. The quantitative estimate of drug-likeness (QED) is 0.797. The molecule has 23 heavy (non-hydrogen) atoms. The third-order valence-electron chi connectivity index (χ3n) is 3.82. The molecule has 1 aliphatic rings. The molecule has 1 atom stereocenters. The fourth-order valence-electron chi connectivity index (χ4n) is 2.78. The summed E-state index contributed by atoms with van der Waals surface area (Å²) in [6, 6.07) is 1.65. The molecule has 0 saturated heterocycles. The van der Waals surface area contributed by atoms with E-state index in [1.54, 1.807) is 24.6 Å². The number of nitrogens with zero attached hydrogens (tertiary/aromatic N) is 4. The lowest BCUT2D eigenvalue weighted by atomic mass is 10.1. The van der Waals surface area contributed by atoms with Gasteiger partial charge in [0.1, 0.15) is 6.04 Å². The van der Waals surface area contributed by atoms with Crippen LogP contribution in [-0.4, -0.2) is 52.4 Å². The Morgan fingerprint density at radius 1 is 1.57 bits per heavy atom. The van der Waals surface area contributed by atoms with Gasteiger partial charge in [-0.15, -0.1) is 11.3 Å². The molecule has 1 N–H and O–H groups in total. The summed E-state index contributed by atoms with van der Waals surface area (Å²) in [6.45, 7) is 5.17. The number of nitrogens with one attached hydrogen (secondary N) is 1. The maximum absolute atomic E-state index is 12.5. The molecule has 1 amide bonds. The maximum atomic E-state index is 12.5. The van der Waals surface area contributed by atoms with Crippen LogP contribution in [0.25, 0.3) is 0 Å². The van der Waals surface area contributed by atoms with Gasteiger partial charge in [-0.1, -0.05) is 0 Å². The predicted molar refractivity (Wildman–Crippen MR) is 87.1 cm³/mol. The van der Waals surface area contributed by atoms with Gasteiger partial charge in [0.2, 0.25) is 5.91 Å². The zero-order chi connectivity index (χ0) is 16.2. The molecule has 2 aromatic rings. The zero-order valence-electron chi connectivity index (χ0n) is 13.4. The molecule has 7 nitrogen and oxygen atoms in total. The highest BCUT2D eigenvalue weighted by atomic mass is 32.1. The van der Waals surface area contributed by atoms with Crippen molar-refractivity contribution in [2.75, 3.05) is 26.8 Å². The van der Waals surface area contributed by atoms with Gasteiger partial charge in [-0.05, 0) is 13.0 Å². The molecule has 0 saturated carbocycles. The summed E-state index contributed by atoms with van der Waals surface area (Å²) in [5.41, 5.74) is 2.11. The fraction of sp³-hybridized carbons (Fsp3) is 0.533. The first-order chi connectivity index (χ1) is 11.2. The van der Waals surface area contributed by atoms with Crippen LogP contribution < -0.4 is 5.32 Å². The van der Waals surface area contributed by atoms with Crippen LogP contribution in [0, 0.1) is 6.92 Å². The van der Waals surface area contributed by atoms with Crippen molar-refractivity contribution >= 4 is 17.2 Å². The molecule has 2 aromatic heterocycles. The van der Waals surface area contributed by atoms with Crippen molar-refractivity contribution in [3.63, 3.8) is 0 Å². The van der Waals surface area contributed by atoms with Gasteiger partial charge in [-0.2, -0.15) is 5.10 Å². The van der Waals surface area contributed by atoms with Crippen molar-refractivity contribution in [3.8, 4) is 0 Å². The van der Waals surface area contributed by atoms with E-state index in [9.17, 15) is 4.79 Å². The third kappa shape index (κ3) is 3.77. The number of carbonyl (C=O) groups excluding carboxylic acids is 1. The molecule has 3 rings (SSSR count). The predicted octanol–water partition coefficient (Wildman–Crippen LogP) is 0.968. The van der Waals surface area contributed by atoms with E-state index in [4.69, 9.17) is 4.74 Å². The van der Waals surface area contributed by atoms with Gasteiger partial charge in [0, 0.05) is 44.9 Å². The highest BCUT2D eigenvalue weighted by Crippen LogP contribution is 2.22. The monoisotopic (exact) mass is 335 g/mol. The van der Waals surface area contributed by atoms with Gasteiger partial charge in [-0.3, -0.25) is 14.4 Å². The minimum Gasteiger partial charge on any atom is -0.383 e. The Hall–Kier alpha value is -1.77. The molecule has 3 heterocycles. The summed E-state index contributed by atoms with van der Waals surface area (Å²) < 4.78 is 6.81. The van der Waals surface area contributed by atoms with Crippen molar-refractivity contribution in [1.82, 2.24) is 25.0 Å². The third-order valence-corrected chi connectivity index (χ3v) is 4.65.